The van der Waals surface area contributed by atoms with E-state index in [2.05, 4.69) is 9.72 Å². The number of nitrogens with zero attached hydrogens (tertiary/aromatic N) is 2. The number of para-hydroxylation sites is 1. The molecule has 0 amide bonds. The first kappa shape index (κ1) is 20.0. The molecular formula is C20H18F2N2O3S. The smallest absolute Gasteiger partial charge is 0.387 e. The Morgan fingerprint density at radius 1 is 1.18 bits per heavy atom. The third-order valence-electron chi connectivity index (χ3n) is 4.16. The molecular weight excluding hydrogens is 386 g/mol. The van der Waals surface area contributed by atoms with Crippen LogP contribution in [0.2, 0.25) is 0 Å². The molecule has 146 valence electrons. The molecule has 0 fully saturated rings. The van der Waals surface area contributed by atoms with E-state index in [0.717, 1.165) is 0 Å². The minimum Gasteiger partial charge on any atom is -0.435 e. The topological polar surface area (TPSA) is 61.2 Å². The zero-order valence-corrected chi connectivity index (χ0v) is 16.1. The van der Waals surface area contributed by atoms with E-state index in [1.807, 2.05) is 6.92 Å². The van der Waals surface area contributed by atoms with Gasteiger partial charge in [0.1, 0.15) is 5.75 Å². The van der Waals surface area contributed by atoms with E-state index in [-0.39, 0.29) is 17.1 Å². The molecule has 0 N–H and O–H groups in total. The minimum absolute atomic E-state index is 0.0112. The van der Waals surface area contributed by atoms with Gasteiger partial charge in [-0.25, -0.2) is 4.98 Å². The van der Waals surface area contributed by atoms with Crippen LogP contribution >= 0.6 is 11.8 Å². The Labute approximate surface area is 164 Å². The van der Waals surface area contributed by atoms with Gasteiger partial charge in [0, 0.05) is 12.1 Å². The molecule has 1 aromatic heterocycles. The summed E-state index contributed by atoms with van der Waals surface area (Å²) in [4.78, 5) is 29.9. The number of thioether (sulfide) groups is 1. The van der Waals surface area contributed by atoms with Crippen molar-refractivity contribution >= 4 is 28.4 Å². The summed E-state index contributed by atoms with van der Waals surface area (Å²) in [7, 11) is 0. The van der Waals surface area contributed by atoms with Gasteiger partial charge < -0.3 is 4.74 Å². The Bertz CT molecular complexity index is 1050. The van der Waals surface area contributed by atoms with Gasteiger partial charge in [-0.2, -0.15) is 8.78 Å². The number of ketones is 1. The quantitative estimate of drug-likeness (QED) is 0.332. The second-order valence-electron chi connectivity index (χ2n) is 5.99. The molecule has 0 aliphatic carbocycles. The molecule has 3 aromatic rings. The summed E-state index contributed by atoms with van der Waals surface area (Å²) in [5.74, 6) is -0.207. The first-order valence-corrected chi connectivity index (χ1v) is 9.54. The van der Waals surface area contributed by atoms with Crippen molar-refractivity contribution in [2.45, 2.75) is 37.4 Å². The molecule has 8 heteroatoms. The fraction of sp³-hybridized carbons (Fsp3) is 0.250. The molecule has 0 radical (unpaired) electrons. The number of halogens is 2. The number of hydrogen-bond acceptors (Lipinski definition) is 5. The number of Topliss-reactive ketones (excluding diaryl/α,β-unsaturated/α-hetero) is 1. The number of rotatable bonds is 7. The normalized spacial score (nSPS) is 12.3. The molecule has 0 bridgehead atoms. The lowest BCUT2D eigenvalue weighted by Gasteiger charge is -2.15. The van der Waals surface area contributed by atoms with Crippen LogP contribution in [0.3, 0.4) is 0 Å². The highest BCUT2D eigenvalue weighted by molar-refractivity contribution is 8.00. The molecule has 0 aliphatic rings. The lowest BCUT2D eigenvalue weighted by molar-refractivity contribution is -0.0498. The molecule has 3 rings (SSSR count). The van der Waals surface area contributed by atoms with E-state index in [1.54, 1.807) is 31.2 Å². The molecule has 0 saturated heterocycles. The van der Waals surface area contributed by atoms with Gasteiger partial charge in [0.25, 0.3) is 5.56 Å². The number of carbonyl (C=O) groups excluding carboxylic acids is 1. The van der Waals surface area contributed by atoms with Crippen LogP contribution in [-0.2, 0) is 6.54 Å². The number of fused-ring (bicyclic) bond motifs is 1. The maximum absolute atomic E-state index is 12.7. The van der Waals surface area contributed by atoms with Crippen molar-refractivity contribution in [3.8, 4) is 5.75 Å². The van der Waals surface area contributed by atoms with Gasteiger partial charge in [0.2, 0.25) is 0 Å². The van der Waals surface area contributed by atoms with Crippen molar-refractivity contribution in [2.75, 3.05) is 0 Å². The summed E-state index contributed by atoms with van der Waals surface area (Å²) >= 11 is 1.19. The van der Waals surface area contributed by atoms with Crippen LogP contribution in [0.4, 0.5) is 8.78 Å². The Morgan fingerprint density at radius 3 is 2.50 bits per heavy atom. The summed E-state index contributed by atoms with van der Waals surface area (Å²) < 4.78 is 30.3. The fourth-order valence-electron chi connectivity index (χ4n) is 2.76. The van der Waals surface area contributed by atoms with Crippen LogP contribution in [0.1, 0.15) is 24.2 Å². The highest BCUT2D eigenvalue weighted by Gasteiger charge is 2.20. The average Bonchev–Trinajstić information content (AvgIpc) is 2.68. The van der Waals surface area contributed by atoms with E-state index in [9.17, 15) is 18.4 Å². The number of carbonyl (C=O) groups is 1. The van der Waals surface area contributed by atoms with Crippen LogP contribution in [0, 0.1) is 0 Å². The zero-order chi connectivity index (χ0) is 20.3. The van der Waals surface area contributed by atoms with Crippen LogP contribution < -0.4 is 10.3 Å². The van der Waals surface area contributed by atoms with Crippen molar-refractivity contribution in [3.05, 3.63) is 64.4 Å². The van der Waals surface area contributed by atoms with Gasteiger partial charge >= 0.3 is 6.61 Å². The van der Waals surface area contributed by atoms with Gasteiger partial charge in [-0.05, 0) is 50.2 Å². The lowest BCUT2D eigenvalue weighted by atomic mass is 10.1. The average molecular weight is 404 g/mol. The Hall–Kier alpha value is -2.74. The van der Waals surface area contributed by atoms with Crippen LogP contribution in [0.5, 0.6) is 5.75 Å². The highest BCUT2D eigenvalue weighted by atomic mass is 32.2. The van der Waals surface area contributed by atoms with Crippen molar-refractivity contribution < 1.29 is 18.3 Å². The maximum atomic E-state index is 12.7. The molecule has 0 spiro atoms. The molecule has 1 heterocycles. The summed E-state index contributed by atoms with van der Waals surface area (Å²) in [6.45, 7) is 1.08. The largest absolute Gasteiger partial charge is 0.435 e. The summed E-state index contributed by atoms with van der Waals surface area (Å²) in [6, 6.07) is 12.6. The van der Waals surface area contributed by atoms with Gasteiger partial charge in [-0.1, -0.05) is 23.9 Å². The minimum atomic E-state index is -2.92. The van der Waals surface area contributed by atoms with Crippen molar-refractivity contribution in [2.24, 2.45) is 0 Å². The molecule has 0 unspecified atom stereocenters. The Kier molecular flexibility index (Phi) is 6.08. The van der Waals surface area contributed by atoms with Crippen LogP contribution in [-0.4, -0.2) is 27.2 Å². The van der Waals surface area contributed by atoms with E-state index in [1.165, 1.54) is 40.6 Å². The van der Waals surface area contributed by atoms with Crippen LogP contribution in [0.15, 0.2) is 58.5 Å². The van der Waals surface area contributed by atoms with Crippen molar-refractivity contribution in [1.29, 1.82) is 0 Å². The maximum Gasteiger partial charge on any atom is 0.387 e. The van der Waals surface area contributed by atoms with Gasteiger partial charge in [-0.3, -0.25) is 14.2 Å². The molecule has 5 nitrogen and oxygen atoms in total. The molecule has 28 heavy (non-hydrogen) atoms. The Balaban J connectivity index is 1.85. The summed E-state index contributed by atoms with van der Waals surface area (Å²) in [5.41, 5.74) is 0.796. The van der Waals surface area contributed by atoms with E-state index >= 15 is 0 Å². The van der Waals surface area contributed by atoms with Crippen LogP contribution in [0.25, 0.3) is 10.9 Å². The standard InChI is InChI=1S/C20H18F2N2O3S/c1-3-24-18(26)15-6-4-5-7-16(15)23-20(24)28-12(2)17(25)13-8-10-14(11-9-13)27-19(21)22/h4-12,19H,3H2,1-2H3/t12-/m1/s1. The molecule has 1 atom stereocenters. The summed E-state index contributed by atoms with van der Waals surface area (Å²) in [5, 5.41) is 0.472. The third kappa shape index (κ3) is 4.22. The van der Waals surface area contributed by atoms with Gasteiger partial charge in [-0.15, -0.1) is 0 Å². The summed E-state index contributed by atoms with van der Waals surface area (Å²) in [6.07, 6.45) is 0. The first-order chi connectivity index (χ1) is 13.4. The van der Waals surface area contributed by atoms with Crippen molar-refractivity contribution in [3.63, 3.8) is 0 Å². The number of alkyl halides is 2. The molecule has 0 aliphatic heterocycles. The Morgan fingerprint density at radius 2 is 1.86 bits per heavy atom. The second-order valence-corrected chi connectivity index (χ2v) is 7.30. The number of benzene rings is 2. The second kappa shape index (κ2) is 8.52. The first-order valence-electron chi connectivity index (χ1n) is 8.66. The SMILES string of the molecule is CCn1c(S[C@H](C)C(=O)c2ccc(OC(F)F)cc2)nc2ccccc2c1=O. The number of hydrogen-bond donors (Lipinski definition) is 0. The van der Waals surface area contributed by atoms with E-state index in [0.29, 0.717) is 28.2 Å². The van der Waals surface area contributed by atoms with E-state index in [4.69, 9.17) is 0 Å². The predicted molar refractivity (Wildman–Crippen MR) is 104 cm³/mol. The van der Waals surface area contributed by atoms with E-state index < -0.39 is 11.9 Å². The predicted octanol–water partition coefficient (Wildman–Crippen LogP) is 4.38. The molecule has 0 saturated carbocycles. The number of ether oxygens (including phenoxy) is 1. The van der Waals surface area contributed by atoms with Gasteiger partial charge in [0.15, 0.2) is 10.9 Å². The zero-order valence-electron chi connectivity index (χ0n) is 15.3. The number of aromatic nitrogens is 2. The highest BCUT2D eigenvalue weighted by Crippen LogP contribution is 2.26. The van der Waals surface area contributed by atoms with Crippen molar-refractivity contribution in [1.82, 2.24) is 9.55 Å². The molecule has 2 aromatic carbocycles. The lowest BCUT2D eigenvalue weighted by Crippen LogP contribution is -2.24. The monoisotopic (exact) mass is 404 g/mol. The van der Waals surface area contributed by atoms with Gasteiger partial charge in [0.05, 0.1) is 16.2 Å². The fourth-order valence-corrected chi connectivity index (χ4v) is 3.81. The third-order valence-corrected chi connectivity index (χ3v) is 5.25.